The summed E-state index contributed by atoms with van der Waals surface area (Å²) in [5.74, 6) is -0.0949. The van der Waals surface area contributed by atoms with Crippen molar-refractivity contribution in [1.29, 1.82) is 0 Å². The summed E-state index contributed by atoms with van der Waals surface area (Å²) in [7, 11) is 0. The van der Waals surface area contributed by atoms with Crippen molar-refractivity contribution in [1.82, 2.24) is 15.4 Å². The summed E-state index contributed by atoms with van der Waals surface area (Å²) in [6, 6.07) is 16.0. The van der Waals surface area contributed by atoms with Crippen molar-refractivity contribution < 1.29 is 9.72 Å². The summed E-state index contributed by atoms with van der Waals surface area (Å²) in [6.45, 7) is 2.12. The summed E-state index contributed by atoms with van der Waals surface area (Å²) in [5, 5.41) is 19.1. The minimum atomic E-state index is -0.421. The molecule has 2 aliphatic heterocycles. The van der Waals surface area contributed by atoms with E-state index in [1.54, 1.807) is 12.1 Å². The predicted molar refractivity (Wildman–Crippen MR) is 114 cm³/mol. The van der Waals surface area contributed by atoms with Crippen LogP contribution in [0.2, 0.25) is 0 Å². The molecule has 1 saturated heterocycles. The number of nitrogens with one attached hydrogen (secondary N) is 1. The number of nitrogens with zero attached hydrogens (tertiary/aromatic N) is 4. The standard InChI is InChI=1S/C22H25N5O3/c28-22(24-25-14-6-1-2-7-15-25)26-16-20(17-8-4-3-5-9-17)21(23-26)18-10-12-19(13-11-18)27(29)30/h3-5,8-13,20H,1-2,6-7,14-16H2,(H,24,28). The molecule has 0 aliphatic carbocycles. The van der Waals surface area contributed by atoms with E-state index < -0.39 is 4.92 Å². The number of carbonyl (C=O) groups is 1. The largest absolute Gasteiger partial charge is 0.352 e. The van der Waals surface area contributed by atoms with Gasteiger partial charge < -0.3 is 0 Å². The van der Waals surface area contributed by atoms with E-state index in [4.69, 9.17) is 0 Å². The maximum Gasteiger partial charge on any atom is 0.352 e. The van der Waals surface area contributed by atoms with Crippen LogP contribution >= 0.6 is 0 Å². The zero-order chi connectivity index (χ0) is 20.9. The average Bonchev–Trinajstić information content (AvgIpc) is 3.06. The topological polar surface area (TPSA) is 91.1 Å². The lowest BCUT2D eigenvalue weighted by atomic mass is 9.90. The number of benzene rings is 2. The third-order valence-electron chi connectivity index (χ3n) is 5.58. The fourth-order valence-electron chi connectivity index (χ4n) is 3.97. The Balaban J connectivity index is 1.58. The number of urea groups is 1. The molecule has 0 aromatic heterocycles. The number of amides is 2. The van der Waals surface area contributed by atoms with Crippen LogP contribution in [0.4, 0.5) is 10.5 Å². The molecule has 4 rings (SSSR count). The van der Waals surface area contributed by atoms with E-state index in [2.05, 4.69) is 10.5 Å². The van der Waals surface area contributed by atoms with E-state index in [1.165, 1.54) is 30.0 Å². The molecule has 1 fully saturated rings. The quantitative estimate of drug-likeness (QED) is 0.615. The summed E-state index contributed by atoms with van der Waals surface area (Å²) < 4.78 is 0. The van der Waals surface area contributed by atoms with Gasteiger partial charge >= 0.3 is 6.03 Å². The van der Waals surface area contributed by atoms with Crippen molar-refractivity contribution in [3.63, 3.8) is 0 Å². The molecule has 2 amide bonds. The van der Waals surface area contributed by atoms with E-state index in [0.717, 1.165) is 42.8 Å². The van der Waals surface area contributed by atoms with Gasteiger partial charge in [-0.05, 0) is 36.1 Å². The van der Waals surface area contributed by atoms with Crippen molar-refractivity contribution in [2.45, 2.75) is 31.6 Å². The van der Waals surface area contributed by atoms with Crippen molar-refractivity contribution >= 4 is 17.4 Å². The first-order chi connectivity index (χ1) is 14.6. The number of hydrogen-bond donors (Lipinski definition) is 1. The van der Waals surface area contributed by atoms with Gasteiger partial charge in [-0.15, -0.1) is 0 Å². The van der Waals surface area contributed by atoms with Crippen LogP contribution in [0.25, 0.3) is 0 Å². The van der Waals surface area contributed by atoms with E-state index in [-0.39, 0.29) is 17.6 Å². The van der Waals surface area contributed by atoms with Gasteiger partial charge in [-0.1, -0.05) is 43.2 Å². The lowest BCUT2D eigenvalue weighted by molar-refractivity contribution is -0.384. The Labute approximate surface area is 175 Å². The van der Waals surface area contributed by atoms with Gasteiger partial charge in [-0.25, -0.2) is 14.8 Å². The van der Waals surface area contributed by atoms with Crippen LogP contribution in [0, 0.1) is 10.1 Å². The minimum absolute atomic E-state index is 0.0318. The summed E-state index contributed by atoms with van der Waals surface area (Å²) in [6.07, 6.45) is 4.53. The van der Waals surface area contributed by atoms with Crippen LogP contribution in [-0.2, 0) is 0 Å². The Morgan fingerprint density at radius 2 is 1.67 bits per heavy atom. The number of non-ortho nitro benzene ring substituents is 1. The van der Waals surface area contributed by atoms with Crippen molar-refractivity contribution in [3.8, 4) is 0 Å². The summed E-state index contributed by atoms with van der Waals surface area (Å²) in [4.78, 5) is 23.5. The highest BCUT2D eigenvalue weighted by molar-refractivity contribution is 6.07. The van der Waals surface area contributed by atoms with Gasteiger partial charge in [-0.2, -0.15) is 5.10 Å². The van der Waals surface area contributed by atoms with Gasteiger partial charge in [0.1, 0.15) is 0 Å². The van der Waals surface area contributed by atoms with Crippen molar-refractivity contribution in [3.05, 3.63) is 75.8 Å². The minimum Gasteiger partial charge on any atom is -0.269 e. The van der Waals surface area contributed by atoms with E-state index in [1.807, 2.05) is 35.3 Å². The molecule has 30 heavy (non-hydrogen) atoms. The van der Waals surface area contributed by atoms with Crippen LogP contribution in [0.5, 0.6) is 0 Å². The van der Waals surface area contributed by atoms with Gasteiger partial charge in [0, 0.05) is 31.1 Å². The molecule has 0 bridgehead atoms. The highest BCUT2D eigenvalue weighted by Crippen LogP contribution is 2.29. The molecule has 0 saturated carbocycles. The Kier molecular flexibility index (Phi) is 6.04. The fourth-order valence-corrected chi connectivity index (χ4v) is 3.97. The molecule has 2 aromatic rings. The van der Waals surface area contributed by atoms with Crippen LogP contribution in [0.1, 0.15) is 42.7 Å². The fraction of sp³-hybridized carbons (Fsp3) is 0.364. The van der Waals surface area contributed by atoms with Gasteiger partial charge in [0.05, 0.1) is 17.2 Å². The first kappa shape index (κ1) is 20.0. The Morgan fingerprint density at radius 3 is 2.30 bits per heavy atom. The molecule has 0 spiro atoms. The summed E-state index contributed by atoms with van der Waals surface area (Å²) in [5.41, 5.74) is 5.60. The molecule has 1 unspecified atom stereocenters. The number of hydrazine groups is 1. The first-order valence-corrected chi connectivity index (χ1v) is 10.3. The average molecular weight is 407 g/mol. The molecule has 156 valence electrons. The molecule has 2 aliphatic rings. The molecule has 8 nitrogen and oxygen atoms in total. The summed E-state index contributed by atoms with van der Waals surface area (Å²) >= 11 is 0. The predicted octanol–water partition coefficient (Wildman–Crippen LogP) is 3.90. The first-order valence-electron chi connectivity index (χ1n) is 10.3. The normalized spacial score (nSPS) is 19.8. The maximum absolute atomic E-state index is 12.9. The molecule has 0 radical (unpaired) electrons. The van der Waals surface area contributed by atoms with Crippen LogP contribution < -0.4 is 5.43 Å². The van der Waals surface area contributed by atoms with Gasteiger partial charge in [-0.3, -0.25) is 15.5 Å². The number of rotatable bonds is 4. The Bertz CT molecular complexity index is 922. The smallest absolute Gasteiger partial charge is 0.269 e. The van der Waals surface area contributed by atoms with Crippen LogP contribution in [0.3, 0.4) is 0 Å². The second kappa shape index (κ2) is 9.04. The molecule has 2 aromatic carbocycles. The molecule has 1 N–H and O–H groups in total. The lowest BCUT2D eigenvalue weighted by Gasteiger charge is -2.23. The second-order valence-corrected chi connectivity index (χ2v) is 7.65. The zero-order valence-electron chi connectivity index (χ0n) is 16.7. The molecule has 8 heteroatoms. The van der Waals surface area contributed by atoms with E-state index in [9.17, 15) is 14.9 Å². The third kappa shape index (κ3) is 4.49. The third-order valence-corrected chi connectivity index (χ3v) is 5.58. The highest BCUT2D eigenvalue weighted by atomic mass is 16.6. The second-order valence-electron chi connectivity index (χ2n) is 7.65. The Hall–Kier alpha value is -3.26. The molecule has 1 atom stereocenters. The highest BCUT2D eigenvalue weighted by Gasteiger charge is 2.33. The molecular weight excluding hydrogens is 382 g/mol. The van der Waals surface area contributed by atoms with Gasteiger partial charge in [0.2, 0.25) is 0 Å². The van der Waals surface area contributed by atoms with Crippen molar-refractivity contribution in [2.75, 3.05) is 19.6 Å². The van der Waals surface area contributed by atoms with Crippen molar-refractivity contribution in [2.24, 2.45) is 5.10 Å². The number of hydrazone groups is 1. The number of hydrogen-bond acceptors (Lipinski definition) is 5. The SMILES string of the molecule is O=C(NN1CCCCCC1)N1CC(c2ccccc2)C(c2ccc([N+](=O)[O-])cc2)=N1. The molecular formula is C22H25N5O3. The van der Waals surface area contributed by atoms with Gasteiger partial charge in [0.15, 0.2) is 0 Å². The maximum atomic E-state index is 12.9. The monoisotopic (exact) mass is 407 g/mol. The number of nitro benzene ring substituents is 1. The van der Waals surface area contributed by atoms with E-state index in [0.29, 0.717) is 6.54 Å². The lowest BCUT2D eigenvalue weighted by Crippen LogP contribution is -2.47. The Morgan fingerprint density at radius 1 is 1.00 bits per heavy atom. The molecule has 2 heterocycles. The van der Waals surface area contributed by atoms with Gasteiger partial charge in [0.25, 0.3) is 5.69 Å². The van der Waals surface area contributed by atoms with Crippen LogP contribution in [-0.4, -0.2) is 46.3 Å². The van der Waals surface area contributed by atoms with Crippen LogP contribution in [0.15, 0.2) is 59.7 Å². The van der Waals surface area contributed by atoms with E-state index >= 15 is 0 Å². The number of carbonyl (C=O) groups excluding carboxylic acids is 1. The zero-order valence-corrected chi connectivity index (χ0v) is 16.7. The number of nitro groups is 1.